The van der Waals surface area contributed by atoms with Crippen molar-refractivity contribution in [3.05, 3.63) is 53.6 Å². The lowest BCUT2D eigenvalue weighted by atomic mass is 10.0. The summed E-state index contributed by atoms with van der Waals surface area (Å²) in [6, 6.07) is 10.0. The lowest BCUT2D eigenvalue weighted by Crippen LogP contribution is -2.41. The fraction of sp³-hybridized carbons (Fsp3) is 0.391. The summed E-state index contributed by atoms with van der Waals surface area (Å²) < 4.78 is 5.39. The molecule has 29 heavy (non-hydrogen) atoms. The second kappa shape index (κ2) is 8.93. The molecule has 1 N–H and O–H groups in total. The van der Waals surface area contributed by atoms with Gasteiger partial charge in [-0.1, -0.05) is 42.5 Å². The lowest BCUT2D eigenvalue weighted by Gasteiger charge is -2.27. The average Bonchev–Trinajstić information content (AvgIpc) is 3.36. The van der Waals surface area contributed by atoms with Gasteiger partial charge in [0.25, 0.3) is 5.91 Å². The van der Waals surface area contributed by atoms with Gasteiger partial charge in [-0.05, 0) is 36.8 Å². The number of morpholine rings is 1. The number of thiophene rings is 1. The minimum Gasteiger partial charge on any atom is -0.378 e. The number of ether oxygens (including phenoxy) is 1. The zero-order valence-electron chi connectivity index (χ0n) is 16.6. The Hall–Kier alpha value is -2.44. The van der Waals surface area contributed by atoms with Crippen LogP contribution in [0.25, 0.3) is 10.4 Å². The molecule has 0 unspecified atom stereocenters. The third-order valence-corrected chi connectivity index (χ3v) is 6.76. The number of nitrogens with one attached hydrogen (secondary N) is 1. The van der Waals surface area contributed by atoms with E-state index >= 15 is 0 Å². The molecule has 2 amide bonds. The molecule has 0 bridgehead atoms. The Morgan fingerprint density at radius 2 is 1.97 bits per heavy atom. The molecular formula is C23H26N2O3S. The minimum atomic E-state index is -0.0292. The quantitative estimate of drug-likeness (QED) is 0.739. The first kappa shape index (κ1) is 19.9. The van der Waals surface area contributed by atoms with E-state index in [0.29, 0.717) is 49.2 Å². The Kier molecular flexibility index (Phi) is 6.11. The zero-order chi connectivity index (χ0) is 20.2. The SMILES string of the molecule is Cc1c(-c2ccccc2)sc(NC(=O)C[C@H]2C=CCC2)c1C(=O)N1CCOCC1. The maximum absolute atomic E-state index is 13.3. The van der Waals surface area contributed by atoms with Crippen LogP contribution in [0.2, 0.25) is 0 Å². The maximum Gasteiger partial charge on any atom is 0.257 e. The molecule has 0 radical (unpaired) electrons. The highest BCUT2D eigenvalue weighted by molar-refractivity contribution is 7.20. The molecule has 1 aliphatic heterocycles. The Bertz CT molecular complexity index is 914. The molecule has 0 saturated carbocycles. The maximum atomic E-state index is 13.3. The molecule has 1 saturated heterocycles. The minimum absolute atomic E-state index is 0.0275. The van der Waals surface area contributed by atoms with Crippen molar-refractivity contribution in [2.24, 2.45) is 5.92 Å². The average molecular weight is 411 g/mol. The predicted octanol–water partition coefficient (Wildman–Crippen LogP) is 4.49. The second-order valence-corrected chi connectivity index (χ2v) is 8.57. The topological polar surface area (TPSA) is 58.6 Å². The number of nitrogens with zero attached hydrogens (tertiary/aromatic N) is 1. The fourth-order valence-electron chi connectivity index (χ4n) is 3.93. The fourth-order valence-corrected chi connectivity index (χ4v) is 5.15. The normalized spacial score (nSPS) is 18.8. The number of hydrogen-bond acceptors (Lipinski definition) is 4. The van der Waals surface area contributed by atoms with Crippen molar-refractivity contribution in [2.75, 3.05) is 31.6 Å². The summed E-state index contributed by atoms with van der Waals surface area (Å²) in [6.07, 6.45) is 6.77. The summed E-state index contributed by atoms with van der Waals surface area (Å²) in [5.74, 6) is 0.238. The van der Waals surface area contributed by atoms with Gasteiger partial charge in [-0.2, -0.15) is 0 Å². The molecule has 1 aromatic heterocycles. The van der Waals surface area contributed by atoms with Gasteiger partial charge in [-0.25, -0.2) is 0 Å². The molecular weight excluding hydrogens is 384 g/mol. The Labute approximate surface area is 175 Å². The molecule has 2 heterocycles. The first-order valence-electron chi connectivity index (χ1n) is 10.2. The van der Waals surface area contributed by atoms with E-state index in [4.69, 9.17) is 4.74 Å². The molecule has 6 heteroatoms. The number of rotatable bonds is 5. The molecule has 152 valence electrons. The summed E-state index contributed by atoms with van der Waals surface area (Å²) in [5.41, 5.74) is 2.60. The monoisotopic (exact) mass is 410 g/mol. The van der Waals surface area contributed by atoms with Crippen LogP contribution in [0.3, 0.4) is 0 Å². The predicted molar refractivity (Wildman–Crippen MR) is 116 cm³/mol. The van der Waals surface area contributed by atoms with Gasteiger partial charge in [-0.3, -0.25) is 9.59 Å². The standard InChI is InChI=1S/C23H26N2O3S/c1-16-20(23(27)25-11-13-28-14-12-25)22(24-19(26)15-17-7-5-6-8-17)29-21(16)18-9-3-2-4-10-18/h2-5,7,9-10,17H,6,8,11-15H2,1H3,(H,24,26)/t17-/m0/s1. The van der Waals surface area contributed by atoms with Crippen molar-refractivity contribution in [1.82, 2.24) is 4.90 Å². The van der Waals surface area contributed by atoms with E-state index in [2.05, 4.69) is 17.5 Å². The van der Waals surface area contributed by atoms with Crippen LogP contribution >= 0.6 is 11.3 Å². The van der Waals surface area contributed by atoms with Gasteiger partial charge in [0.1, 0.15) is 5.00 Å². The number of anilines is 1. The number of hydrogen-bond donors (Lipinski definition) is 1. The summed E-state index contributed by atoms with van der Waals surface area (Å²) in [5, 5.41) is 3.71. The van der Waals surface area contributed by atoms with Gasteiger partial charge < -0.3 is 15.0 Å². The molecule has 1 atom stereocenters. The molecule has 4 rings (SSSR count). The summed E-state index contributed by atoms with van der Waals surface area (Å²) >= 11 is 1.49. The Morgan fingerprint density at radius 3 is 2.66 bits per heavy atom. The van der Waals surface area contributed by atoms with Crippen LogP contribution in [0.4, 0.5) is 5.00 Å². The Balaban J connectivity index is 1.64. The van der Waals surface area contributed by atoms with Crippen LogP contribution in [0.1, 0.15) is 35.2 Å². The van der Waals surface area contributed by atoms with Crippen molar-refractivity contribution in [3.63, 3.8) is 0 Å². The second-order valence-electron chi connectivity index (χ2n) is 7.55. The highest BCUT2D eigenvalue weighted by Crippen LogP contribution is 2.40. The first-order valence-corrected chi connectivity index (χ1v) is 11.0. The van der Waals surface area contributed by atoms with E-state index in [0.717, 1.165) is 28.8 Å². The van der Waals surface area contributed by atoms with Gasteiger partial charge >= 0.3 is 0 Å². The molecule has 1 fully saturated rings. The summed E-state index contributed by atoms with van der Waals surface area (Å²) in [4.78, 5) is 28.9. The van der Waals surface area contributed by atoms with Gasteiger partial charge in [-0.15, -0.1) is 11.3 Å². The zero-order valence-corrected chi connectivity index (χ0v) is 17.5. The number of allylic oxidation sites excluding steroid dienone is 2. The summed E-state index contributed by atoms with van der Waals surface area (Å²) in [6.45, 7) is 4.23. The molecule has 2 aromatic rings. The van der Waals surface area contributed by atoms with Crippen LogP contribution in [-0.2, 0) is 9.53 Å². The van der Waals surface area contributed by atoms with Crippen molar-refractivity contribution in [3.8, 4) is 10.4 Å². The van der Waals surface area contributed by atoms with E-state index in [1.807, 2.05) is 42.2 Å². The highest BCUT2D eigenvalue weighted by Gasteiger charge is 2.28. The number of amides is 2. The number of carbonyl (C=O) groups excluding carboxylic acids is 2. The van der Waals surface area contributed by atoms with Crippen LogP contribution in [0.15, 0.2) is 42.5 Å². The molecule has 0 spiro atoms. The Morgan fingerprint density at radius 1 is 1.21 bits per heavy atom. The van der Waals surface area contributed by atoms with Crippen molar-refractivity contribution in [2.45, 2.75) is 26.2 Å². The van der Waals surface area contributed by atoms with Crippen molar-refractivity contribution < 1.29 is 14.3 Å². The smallest absolute Gasteiger partial charge is 0.257 e. The molecule has 1 aliphatic carbocycles. The molecule has 5 nitrogen and oxygen atoms in total. The largest absolute Gasteiger partial charge is 0.378 e. The van der Waals surface area contributed by atoms with E-state index in [1.165, 1.54) is 11.3 Å². The van der Waals surface area contributed by atoms with Gasteiger partial charge in [0.2, 0.25) is 5.91 Å². The van der Waals surface area contributed by atoms with E-state index in [-0.39, 0.29) is 11.8 Å². The van der Waals surface area contributed by atoms with Crippen LogP contribution in [0, 0.1) is 12.8 Å². The van der Waals surface area contributed by atoms with E-state index in [9.17, 15) is 9.59 Å². The summed E-state index contributed by atoms with van der Waals surface area (Å²) in [7, 11) is 0. The third kappa shape index (κ3) is 4.43. The molecule has 2 aliphatic rings. The first-order chi connectivity index (χ1) is 14.1. The van der Waals surface area contributed by atoms with Crippen molar-refractivity contribution >= 4 is 28.2 Å². The number of carbonyl (C=O) groups is 2. The van der Waals surface area contributed by atoms with E-state index in [1.54, 1.807) is 0 Å². The number of benzene rings is 1. The lowest BCUT2D eigenvalue weighted by molar-refractivity contribution is -0.116. The van der Waals surface area contributed by atoms with Crippen LogP contribution in [0.5, 0.6) is 0 Å². The van der Waals surface area contributed by atoms with Gasteiger partial charge in [0.05, 0.1) is 18.8 Å². The van der Waals surface area contributed by atoms with Crippen LogP contribution < -0.4 is 5.32 Å². The van der Waals surface area contributed by atoms with Crippen LogP contribution in [-0.4, -0.2) is 43.0 Å². The highest BCUT2D eigenvalue weighted by atomic mass is 32.1. The molecule has 1 aromatic carbocycles. The van der Waals surface area contributed by atoms with Gasteiger partial charge in [0.15, 0.2) is 0 Å². The van der Waals surface area contributed by atoms with Crippen molar-refractivity contribution in [1.29, 1.82) is 0 Å². The van der Waals surface area contributed by atoms with Gasteiger partial charge in [0, 0.05) is 24.4 Å². The van der Waals surface area contributed by atoms with E-state index < -0.39 is 0 Å². The third-order valence-electron chi connectivity index (χ3n) is 5.51.